The summed E-state index contributed by atoms with van der Waals surface area (Å²) in [4.78, 5) is 37.5. The monoisotopic (exact) mass is 362 g/mol. The van der Waals surface area contributed by atoms with Crippen LogP contribution in [0, 0.1) is 0 Å². The summed E-state index contributed by atoms with van der Waals surface area (Å²) in [5, 5.41) is 3.44. The standard InChI is InChI=1S/C17H12Cl2N2O3/c18-10-7-11(19)9-12(8-10)20-15(22)5-6-21-16(23)13-3-1-2-4-14(13)17(21)24/h1-4,7-9H,5-6H2,(H,20,22). The van der Waals surface area contributed by atoms with Crippen molar-refractivity contribution in [1.29, 1.82) is 0 Å². The van der Waals surface area contributed by atoms with E-state index in [0.717, 1.165) is 4.90 Å². The largest absolute Gasteiger partial charge is 0.326 e. The summed E-state index contributed by atoms with van der Waals surface area (Å²) in [5.74, 6) is -1.10. The van der Waals surface area contributed by atoms with Crippen molar-refractivity contribution in [3.63, 3.8) is 0 Å². The normalized spacial score (nSPS) is 13.2. The number of anilines is 1. The lowest BCUT2D eigenvalue weighted by Gasteiger charge is -2.13. The Balaban J connectivity index is 1.63. The van der Waals surface area contributed by atoms with Crippen molar-refractivity contribution in [3.8, 4) is 0 Å². The molecule has 0 bridgehead atoms. The molecule has 0 atom stereocenters. The smallest absolute Gasteiger partial charge is 0.261 e. The Kier molecular flexibility index (Phi) is 4.55. The van der Waals surface area contributed by atoms with Gasteiger partial charge in [-0.05, 0) is 30.3 Å². The quantitative estimate of drug-likeness (QED) is 0.844. The van der Waals surface area contributed by atoms with Crippen LogP contribution >= 0.6 is 23.2 Å². The number of nitrogens with one attached hydrogen (secondary N) is 1. The van der Waals surface area contributed by atoms with E-state index in [1.54, 1.807) is 42.5 Å². The third-order valence-corrected chi connectivity index (χ3v) is 4.02. The van der Waals surface area contributed by atoms with E-state index in [4.69, 9.17) is 23.2 Å². The van der Waals surface area contributed by atoms with Gasteiger partial charge in [0.2, 0.25) is 5.91 Å². The number of amides is 3. The molecule has 0 spiro atoms. The van der Waals surface area contributed by atoms with E-state index in [1.165, 1.54) is 0 Å². The van der Waals surface area contributed by atoms with E-state index in [1.807, 2.05) is 0 Å². The number of hydrogen-bond donors (Lipinski definition) is 1. The predicted molar refractivity (Wildman–Crippen MR) is 91.5 cm³/mol. The molecule has 0 fully saturated rings. The number of carbonyl (C=O) groups excluding carboxylic acids is 3. The highest BCUT2D eigenvalue weighted by molar-refractivity contribution is 6.35. The minimum atomic E-state index is -0.380. The van der Waals surface area contributed by atoms with Gasteiger partial charge in [-0.15, -0.1) is 0 Å². The van der Waals surface area contributed by atoms with Gasteiger partial charge in [0.25, 0.3) is 11.8 Å². The first-order chi connectivity index (χ1) is 11.5. The van der Waals surface area contributed by atoms with Gasteiger partial charge in [-0.2, -0.15) is 0 Å². The van der Waals surface area contributed by atoms with Crippen LogP contribution < -0.4 is 5.32 Å². The Bertz CT molecular complexity index is 796. The number of nitrogens with zero attached hydrogens (tertiary/aromatic N) is 1. The Morgan fingerprint density at radius 2 is 1.50 bits per heavy atom. The van der Waals surface area contributed by atoms with E-state index >= 15 is 0 Å². The van der Waals surface area contributed by atoms with Gasteiger partial charge in [0.15, 0.2) is 0 Å². The average Bonchev–Trinajstić information content (AvgIpc) is 2.76. The Hall–Kier alpha value is -2.37. The summed E-state index contributed by atoms with van der Waals surface area (Å²) < 4.78 is 0. The summed E-state index contributed by atoms with van der Waals surface area (Å²) in [5.41, 5.74) is 1.19. The maximum absolute atomic E-state index is 12.2. The van der Waals surface area contributed by atoms with Gasteiger partial charge in [0.1, 0.15) is 0 Å². The molecule has 3 amide bonds. The molecule has 0 saturated carbocycles. The maximum atomic E-state index is 12.2. The van der Waals surface area contributed by atoms with Crippen molar-refractivity contribution in [2.75, 3.05) is 11.9 Å². The van der Waals surface area contributed by atoms with Crippen LogP contribution in [-0.2, 0) is 4.79 Å². The van der Waals surface area contributed by atoms with Gasteiger partial charge in [-0.25, -0.2) is 0 Å². The minimum Gasteiger partial charge on any atom is -0.326 e. The molecule has 5 nitrogen and oxygen atoms in total. The summed E-state index contributed by atoms with van der Waals surface area (Å²) in [6, 6.07) is 11.3. The molecular formula is C17H12Cl2N2O3. The van der Waals surface area contributed by atoms with Crippen LogP contribution in [0.15, 0.2) is 42.5 Å². The fraction of sp³-hybridized carbons (Fsp3) is 0.118. The molecule has 122 valence electrons. The zero-order valence-electron chi connectivity index (χ0n) is 12.4. The van der Waals surface area contributed by atoms with Crippen LogP contribution in [0.5, 0.6) is 0 Å². The summed E-state index contributed by atoms with van der Waals surface area (Å²) in [6.45, 7) is 0.00643. The molecule has 1 heterocycles. The van der Waals surface area contributed by atoms with Gasteiger partial charge in [-0.3, -0.25) is 19.3 Å². The van der Waals surface area contributed by atoms with E-state index in [9.17, 15) is 14.4 Å². The minimum absolute atomic E-state index is 0.00643. The highest BCUT2D eigenvalue weighted by atomic mass is 35.5. The fourth-order valence-electron chi connectivity index (χ4n) is 2.51. The zero-order chi connectivity index (χ0) is 17.3. The third-order valence-electron chi connectivity index (χ3n) is 3.59. The molecule has 1 aliphatic rings. The number of carbonyl (C=O) groups is 3. The molecule has 0 aromatic heterocycles. The lowest BCUT2D eigenvalue weighted by molar-refractivity contribution is -0.116. The first kappa shape index (κ1) is 16.5. The SMILES string of the molecule is O=C(CCN1C(=O)c2ccccc2C1=O)Nc1cc(Cl)cc(Cl)c1. The van der Waals surface area contributed by atoms with Gasteiger partial charge in [0.05, 0.1) is 11.1 Å². The van der Waals surface area contributed by atoms with Gasteiger partial charge in [-0.1, -0.05) is 35.3 Å². The van der Waals surface area contributed by atoms with Crippen LogP contribution in [-0.4, -0.2) is 29.2 Å². The molecular weight excluding hydrogens is 351 g/mol. The molecule has 1 N–H and O–H groups in total. The average molecular weight is 363 g/mol. The highest BCUT2D eigenvalue weighted by Gasteiger charge is 2.34. The molecule has 0 saturated heterocycles. The summed E-state index contributed by atoms with van der Waals surface area (Å²) in [6.07, 6.45) is -0.0183. The van der Waals surface area contributed by atoms with Crippen LogP contribution in [0.2, 0.25) is 10.0 Å². The predicted octanol–water partition coefficient (Wildman–Crippen LogP) is 3.62. The van der Waals surface area contributed by atoms with Crippen molar-refractivity contribution in [2.24, 2.45) is 0 Å². The van der Waals surface area contributed by atoms with Crippen molar-refractivity contribution >= 4 is 46.6 Å². The lowest BCUT2D eigenvalue weighted by Crippen LogP contribution is -2.32. The molecule has 7 heteroatoms. The van der Waals surface area contributed by atoms with Gasteiger partial charge in [0, 0.05) is 28.7 Å². The molecule has 24 heavy (non-hydrogen) atoms. The van der Waals surface area contributed by atoms with Crippen molar-refractivity contribution in [3.05, 3.63) is 63.6 Å². The van der Waals surface area contributed by atoms with Crippen LogP contribution in [0.3, 0.4) is 0 Å². The number of fused-ring (bicyclic) bond motifs is 1. The molecule has 2 aromatic rings. The molecule has 1 aliphatic heterocycles. The maximum Gasteiger partial charge on any atom is 0.261 e. The zero-order valence-corrected chi connectivity index (χ0v) is 13.9. The van der Waals surface area contributed by atoms with Crippen molar-refractivity contribution < 1.29 is 14.4 Å². The Morgan fingerprint density at radius 1 is 0.958 bits per heavy atom. The van der Waals surface area contributed by atoms with E-state index in [-0.39, 0.29) is 30.7 Å². The van der Waals surface area contributed by atoms with E-state index in [2.05, 4.69) is 5.32 Å². The number of halogens is 2. The molecule has 2 aromatic carbocycles. The molecule has 3 rings (SSSR count). The lowest BCUT2D eigenvalue weighted by atomic mass is 10.1. The van der Waals surface area contributed by atoms with Crippen molar-refractivity contribution in [2.45, 2.75) is 6.42 Å². The van der Waals surface area contributed by atoms with Crippen LogP contribution in [0.25, 0.3) is 0 Å². The molecule has 0 unspecified atom stereocenters. The second kappa shape index (κ2) is 6.63. The molecule has 0 aliphatic carbocycles. The first-order valence-electron chi connectivity index (χ1n) is 7.17. The topological polar surface area (TPSA) is 66.5 Å². The van der Waals surface area contributed by atoms with Gasteiger partial charge < -0.3 is 5.32 Å². The Labute approximate surface area is 148 Å². The summed E-state index contributed by atoms with van der Waals surface area (Å²) >= 11 is 11.7. The van der Waals surface area contributed by atoms with Crippen LogP contribution in [0.1, 0.15) is 27.1 Å². The number of rotatable bonds is 4. The number of benzene rings is 2. The van der Waals surface area contributed by atoms with E-state index < -0.39 is 0 Å². The fourth-order valence-corrected chi connectivity index (χ4v) is 3.03. The van der Waals surface area contributed by atoms with Crippen molar-refractivity contribution in [1.82, 2.24) is 4.90 Å². The van der Waals surface area contributed by atoms with E-state index in [0.29, 0.717) is 26.9 Å². The number of hydrogen-bond acceptors (Lipinski definition) is 3. The second-order valence-electron chi connectivity index (χ2n) is 5.26. The Morgan fingerprint density at radius 3 is 2.04 bits per heavy atom. The first-order valence-corrected chi connectivity index (χ1v) is 7.92. The summed E-state index contributed by atoms with van der Waals surface area (Å²) in [7, 11) is 0. The number of imide groups is 1. The van der Waals surface area contributed by atoms with Gasteiger partial charge >= 0.3 is 0 Å². The highest BCUT2D eigenvalue weighted by Crippen LogP contribution is 2.24. The second-order valence-corrected chi connectivity index (χ2v) is 6.14. The third kappa shape index (κ3) is 3.27. The van der Waals surface area contributed by atoms with Crippen LogP contribution in [0.4, 0.5) is 5.69 Å². The molecule has 0 radical (unpaired) electrons.